The molecular formula is C13H19N3O. The van der Waals surface area contributed by atoms with Crippen LogP contribution in [0, 0.1) is 6.92 Å². The van der Waals surface area contributed by atoms with Crippen LogP contribution in [0.3, 0.4) is 0 Å². The van der Waals surface area contributed by atoms with E-state index >= 15 is 0 Å². The molecule has 1 atom stereocenters. The summed E-state index contributed by atoms with van der Waals surface area (Å²) in [5, 5.41) is 0. The minimum Gasteiger partial charge on any atom is -0.333 e. The molecule has 1 fully saturated rings. The van der Waals surface area contributed by atoms with Gasteiger partial charge >= 0.3 is 0 Å². The molecule has 0 bridgehead atoms. The number of nitrogens with zero attached hydrogens (tertiary/aromatic N) is 2. The van der Waals surface area contributed by atoms with Gasteiger partial charge in [0, 0.05) is 24.8 Å². The molecule has 1 aliphatic rings. The highest BCUT2D eigenvalue weighted by Gasteiger charge is 2.26. The summed E-state index contributed by atoms with van der Waals surface area (Å²) >= 11 is 0. The van der Waals surface area contributed by atoms with Crippen LogP contribution in [0.5, 0.6) is 0 Å². The third-order valence-electron chi connectivity index (χ3n) is 3.27. The lowest BCUT2D eigenvalue weighted by Gasteiger charge is -2.34. The standard InChI is InChI=1S/C13H19N3O/c1-10-5-4-7-12(15-10)13(17)16-8-3-2-6-11(16)9-14/h4-5,7,11H,2-3,6,8-9,14H2,1H3/t11-/m1/s1. The maximum atomic E-state index is 12.3. The zero-order valence-electron chi connectivity index (χ0n) is 10.2. The van der Waals surface area contributed by atoms with Gasteiger partial charge < -0.3 is 10.6 Å². The monoisotopic (exact) mass is 233 g/mol. The van der Waals surface area contributed by atoms with Crippen LogP contribution >= 0.6 is 0 Å². The summed E-state index contributed by atoms with van der Waals surface area (Å²) in [7, 11) is 0. The molecule has 92 valence electrons. The highest BCUT2D eigenvalue weighted by atomic mass is 16.2. The first kappa shape index (κ1) is 12.0. The lowest BCUT2D eigenvalue weighted by molar-refractivity contribution is 0.0617. The molecule has 0 aliphatic carbocycles. The Morgan fingerprint density at radius 1 is 1.53 bits per heavy atom. The molecule has 0 aromatic carbocycles. The van der Waals surface area contributed by atoms with Crippen LogP contribution in [0.2, 0.25) is 0 Å². The predicted molar refractivity (Wildman–Crippen MR) is 66.7 cm³/mol. The second-order valence-corrected chi connectivity index (χ2v) is 4.55. The lowest BCUT2D eigenvalue weighted by Crippen LogP contribution is -2.47. The van der Waals surface area contributed by atoms with Crippen LogP contribution in [0.15, 0.2) is 18.2 Å². The number of pyridine rings is 1. The number of aryl methyl sites for hydroxylation is 1. The average Bonchev–Trinajstić information content (AvgIpc) is 2.38. The van der Waals surface area contributed by atoms with Crippen LogP contribution in [0.1, 0.15) is 35.4 Å². The SMILES string of the molecule is Cc1cccc(C(=O)N2CCCC[C@@H]2CN)n1. The molecule has 4 heteroatoms. The molecule has 2 heterocycles. The minimum atomic E-state index is 0.0175. The molecule has 2 N–H and O–H groups in total. The number of carbonyl (C=O) groups excluding carboxylic acids is 1. The summed E-state index contributed by atoms with van der Waals surface area (Å²) in [5.41, 5.74) is 7.13. The second-order valence-electron chi connectivity index (χ2n) is 4.55. The van der Waals surface area contributed by atoms with Crippen LogP contribution in [0.25, 0.3) is 0 Å². The molecule has 0 spiro atoms. The normalized spacial score (nSPS) is 20.4. The first-order chi connectivity index (χ1) is 8.22. The highest BCUT2D eigenvalue weighted by Crippen LogP contribution is 2.18. The number of carbonyl (C=O) groups is 1. The second kappa shape index (κ2) is 5.27. The molecular weight excluding hydrogens is 214 g/mol. The van der Waals surface area contributed by atoms with Gasteiger partial charge in [0.25, 0.3) is 5.91 Å². The summed E-state index contributed by atoms with van der Waals surface area (Å²) < 4.78 is 0. The first-order valence-electron chi connectivity index (χ1n) is 6.17. The van der Waals surface area contributed by atoms with Gasteiger partial charge in [0.2, 0.25) is 0 Å². The number of amides is 1. The van der Waals surface area contributed by atoms with Gasteiger partial charge in [-0.3, -0.25) is 4.79 Å². The van der Waals surface area contributed by atoms with E-state index in [0.717, 1.165) is 31.5 Å². The fourth-order valence-electron chi connectivity index (χ4n) is 2.32. The molecule has 0 radical (unpaired) electrons. The van der Waals surface area contributed by atoms with E-state index in [2.05, 4.69) is 4.98 Å². The zero-order chi connectivity index (χ0) is 12.3. The molecule has 1 saturated heterocycles. The van der Waals surface area contributed by atoms with Crippen LogP contribution in [-0.2, 0) is 0 Å². The van der Waals surface area contributed by atoms with Crippen molar-refractivity contribution in [2.24, 2.45) is 5.73 Å². The van der Waals surface area contributed by atoms with E-state index in [1.807, 2.05) is 24.0 Å². The third kappa shape index (κ3) is 2.64. The van der Waals surface area contributed by atoms with Crippen LogP contribution < -0.4 is 5.73 Å². The number of nitrogens with two attached hydrogens (primary N) is 1. The Balaban J connectivity index is 2.18. The first-order valence-corrected chi connectivity index (χ1v) is 6.17. The fourth-order valence-corrected chi connectivity index (χ4v) is 2.32. The zero-order valence-corrected chi connectivity index (χ0v) is 10.2. The highest BCUT2D eigenvalue weighted by molar-refractivity contribution is 5.92. The van der Waals surface area contributed by atoms with E-state index in [0.29, 0.717) is 12.2 Å². The van der Waals surface area contributed by atoms with Gasteiger partial charge in [-0.25, -0.2) is 4.98 Å². The van der Waals surface area contributed by atoms with Crippen molar-refractivity contribution in [2.75, 3.05) is 13.1 Å². The Kier molecular flexibility index (Phi) is 3.74. The van der Waals surface area contributed by atoms with Crippen molar-refractivity contribution in [1.82, 2.24) is 9.88 Å². The molecule has 1 aromatic rings. The molecule has 2 rings (SSSR count). The molecule has 1 aromatic heterocycles. The Labute approximate surface area is 102 Å². The van der Waals surface area contributed by atoms with E-state index in [9.17, 15) is 4.79 Å². The number of aromatic nitrogens is 1. The van der Waals surface area contributed by atoms with Crippen LogP contribution in [0.4, 0.5) is 0 Å². The van der Waals surface area contributed by atoms with Crippen molar-refractivity contribution >= 4 is 5.91 Å². The minimum absolute atomic E-state index is 0.0175. The molecule has 4 nitrogen and oxygen atoms in total. The van der Waals surface area contributed by atoms with Gasteiger partial charge in [0.15, 0.2) is 0 Å². The number of likely N-dealkylation sites (tertiary alicyclic amines) is 1. The van der Waals surface area contributed by atoms with Gasteiger partial charge in [0.05, 0.1) is 0 Å². The third-order valence-corrected chi connectivity index (χ3v) is 3.27. The molecule has 1 amide bonds. The lowest BCUT2D eigenvalue weighted by atomic mass is 10.0. The fraction of sp³-hybridized carbons (Fsp3) is 0.538. The van der Waals surface area contributed by atoms with Crippen molar-refractivity contribution in [3.05, 3.63) is 29.6 Å². The summed E-state index contributed by atoms with van der Waals surface area (Å²) in [6.07, 6.45) is 3.23. The van der Waals surface area contributed by atoms with Crippen molar-refractivity contribution in [3.8, 4) is 0 Å². The topological polar surface area (TPSA) is 59.2 Å². The number of hydrogen-bond acceptors (Lipinski definition) is 3. The summed E-state index contributed by atoms with van der Waals surface area (Å²) in [5.74, 6) is 0.0175. The summed E-state index contributed by atoms with van der Waals surface area (Å²) in [6.45, 7) is 3.24. The quantitative estimate of drug-likeness (QED) is 0.838. The van der Waals surface area contributed by atoms with E-state index in [4.69, 9.17) is 5.73 Å². The maximum absolute atomic E-state index is 12.3. The van der Waals surface area contributed by atoms with E-state index in [1.54, 1.807) is 6.07 Å². The molecule has 1 aliphatic heterocycles. The summed E-state index contributed by atoms with van der Waals surface area (Å²) in [6, 6.07) is 5.72. The number of hydrogen-bond donors (Lipinski definition) is 1. The van der Waals surface area contributed by atoms with Crippen molar-refractivity contribution in [3.63, 3.8) is 0 Å². The van der Waals surface area contributed by atoms with Crippen LogP contribution in [-0.4, -0.2) is 34.9 Å². The maximum Gasteiger partial charge on any atom is 0.272 e. The molecule has 0 unspecified atom stereocenters. The Morgan fingerprint density at radius 3 is 3.06 bits per heavy atom. The van der Waals surface area contributed by atoms with Crippen molar-refractivity contribution < 1.29 is 4.79 Å². The number of piperidine rings is 1. The van der Waals surface area contributed by atoms with Gasteiger partial charge in [-0.2, -0.15) is 0 Å². The average molecular weight is 233 g/mol. The van der Waals surface area contributed by atoms with E-state index in [1.165, 1.54) is 0 Å². The number of rotatable bonds is 2. The Bertz CT molecular complexity index is 405. The molecule has 0 saturated carbocycles. The van der Waals surface area contributed by atoms with E-state index in [-0.39, 0.29) is 11.9 Å². The van der Waals surface area contributed by atoms with Gasteiger partial charge in [0.1, 0.15) is 5.69 Å². The van der Waals surface area contributed by atoms with Gasteiger partial charge in [-0.05, 0) is 38.3 Å². The van der Waals surface area contributed by atoms with Gasteiger partial charge in [-0.15, -0.1) is 0 Å². The van der Waals surface area contributed by atoms with Crippen molar-refractivity contribution in [1.29, 1.82) is 0 Å². The van der Waals surface area contributed by atoms with Gasteiger partial charge in [-0.1, -0.05) is 6.07 Å². The molecule has 17 heavy (non-hydrogen) atoms. The smallest absolute Gasteiger partial charge is 0.272 e. The Morgan fingerprint density at radius 2 is 2.35 bits per heavy atom. The predicted octanol–water partition coefficient (Wildman–Crippen LogP) is 1.34. The van der Waals surface area contributed by atoms with E-state index < -0.39 is 0 Å². The van der Waals surface area contributed by atoms with Crippen molar-refractivity contribution in [2.45, 2.75) is 32.2 Å². The Hall–Kier alpha value is -1.42. The summed E-state index contributed by atoms with van der Waals surface area (Å²) in [4.78, 5) is 18.5. The largest absolute Gasteiger partial charge is 0.333 e.